The van der Waals surface area contributed by atoms with Gasteiger partial charge in [0.2, 0.25) is 0 Å². The number of hydrogen-bond acceptors (Lipinski definition) is 4. The van der Waals surface area contributed by atoms with E-state index in [0.717, 1.165) is 36.0 Å². The summed E-state index contributed by atoms with van der Waals surface area (Å²) in [5, 5.41) is 1.83. The van der Waals surface area contributed by atoms with Gasteiger partial charge in [0.1, 0.15) is 0 Å². The van der Waals surface area contributed by atoms with E-state index in [9.17, 15) is 0 Å². The number of aryl methyl sites for hydroxylation is 1. The molecule has 1 aliphatic rings. The molecule has 0 radical (unpaired) electrons. The van der Waals surface area contributed by atoms with Crippen LogP contribution in [0.4, 0.5) is 5.13 Å². The van der Waals surface area contributed by atoms with Crippen molar-refractivity contribution in [1.82, 2.24) is 4.98 Å². The summed E-state index contributed by atoms with van der Waals surface area (Å²) >= 11 is 7.65. The van der Waals surface area contributed by atoms with Crippen molar-refractivity contribution in [1.29, 1.82) is 0 Å². The van der Waals surface area contributed by atoms with Gasteiger partial charge in [-0.25, -0.2) is 4.98 Å². The minimum absolute atomic E-state index is 0.175. The largest absolute Gasteiger partial charge is 0.347 e. The van der Waals surface area contributed by atoms with E-state index in [1.165, 1.54) is 16.1 Å². The van der Waals surface area contributed by atoms with Gasteiger partial charge in [-0.3, -0.25) is 0 Å². The number of hydrogen-bond donors (Lipinski definition) is 1. The average molecular weight is 308 g/mol. The Morgan fingerprint density at radius 2 is 2.15 bits per heavy atom. The third-order valence-electron chi connectivity index (χ3n) is 3.64. The Bertz CT molecular complexity index is 594. The topological polar surface area (TPSA) is 42.2 Å². The summed E-state index contributed by atoms with van der Waals surface area (Å²) in [5.74, 6) is 0. The number of halogens is 1. The highest BCUT2D eigenvalue weighted by Gasteiger charge is 2.22. The lowest BCUT2D eigenvalue weighted by Crippen LogP contribution is -2.16. The van der Waals surface area contributed by atoms with Crippen LogP contribution in [-0.4, -0.2) is 12.0 Å². The molecule has 2 N–H and O–H groups in total. The summed E-state index contributed by atoms with van der Waals surface area (Å²) in [4.78, 5) is 8.21. The monoisotopic (exact) mass is 307 g/mol. The number of fused-ring (bicyclic) bond motifs is 1. The van der Waals surface area contributed by atoms with Gasteiger partial charge >= 0.3 is 0 Å². The Labute approximate surface area is 128 Å². The second kappa shape index (κ2) is 5.72. The summed E-state index contributed by atoms with van der Waals surface area (Å²) in [6, 6.07) is 8.13. The minimum atomic E-state index is 0.175. The van der Waals surface area contributed by atoms with Crippen LogP contribution in [0.25, 0.3) is 0 Å². The number of aromatic nitrogens is 1. The molecule has 0 saturated carbocycles. The van der Waals surface area contributed by atoms with Crippen molar-refractivity contribution in [3.8, 4) is 0 Å². The SMILES string of the molecule is CN(Cc1ccc(Cl)cc1)c1nc2c(s1)C(N)CCC2. The van der Waals surface area contributed by atoms with Crippen LogP contribution in [0.2, 0.25) is 5.02 Å². The Morgan fingerprint density at radius 3 is 2.85 bits per heavy atom. The highest BCUT2D eigenvalue weighted by Crippen LogP contribution is 2.36. The lowest BCUT2D eigenvalue weighted by atomic mass is 9.99. The highest BCUT2D eigenvalue weighted by molar-refractivity contribution is 7.15. The standard InChI is InChI=1S/C15H18ClN3S/c1-19(9-10-5-7-11(16)8-6-10)15-18-13-4-2-3-12(17)14(13)20-15/h5-8,12H,2-4,9,17H2,1H3. The van der Waals surface area contributed by atoms with Crippen molar-refractivity contribution in [2.24, 2.45) is 5.73 Å². The first-order chi connectivity index (χ1) is 9.63. The molecule has 1 unspecified atom stereocenters. The molecule has 0 fully saturated rings. The summed E-state index contributed by atoms with van der Waals surface area (Å²) < 4.78 is 0. The van der Waals surface area contributed by atoms with Gasteiger partial charge in [-0.05, 0) is 37.0 Å². The van der Waals surface area contributed by atoms with Crippen molar-refractivity contribution in [3.63, 3.8) is 0 Å². The van der Waals surface area contributed by atoms with Crippen LogP contribution in [0, 0.1) is 0 Å². The van der Waals surface area contributed by atoms with Crippen molar-refractivity contribution >= 4 is 28.1 Å². The molecule has 5 heteroatoms. The van der Waals surface area contributed by atoms with E-state index >= 15 is 0 Å². The van der Waals surface area contributed by atoms with Crippen LogP contribution in [0.5, 0.6) is 0 Å². The molecule has 3 rings (SSSR count). The van der Waals surface area contributed by atoms with Crippen molar-refractivity contribution in [2.75, 3.05) is 11.9 Å². The molecule has 0 saturated heterocycles. The molecular weight excluding hydrogens is 290 g/mol. The van der Waals surface area contributed by atoms with Gasteiger partial charge in [0.05, 0.1) is 5.69 Å². The average Bonchev–Trinajstić information content (AvgIpc) is 2.87. The molecule has 0 spiro atoms. The normalized spacial score (nSPS) is 17.9. The first-order valence-electron chi connectivity index (χ1n) is 6.84. The summed E-state index contributed by atoms with van der Waals surface area (Å²) in [7, 11) is 2.07. The molecule has 20 heavy (non-hydrogen) atoms. The molecule has 1 atom stereocenters. The van der Waals surface area contributed by atoms with Gasteiger partial charge in [-0.15, -0.1) is 0 Å². The number of nitrogens with two attached hydrogens (primary N) is 1. The van der Waals surface area contributed by atoms with Gasteiger partial charge < -0.3 is 10.6 Å². The zero-order chi connectivity index (χ0) is 14.1. The predicted molar refractivity (Wildman–Crippen MR) is 85.5 cm³/mol. The van der Waals surface area contributed by atoms with Crippen molar-refractivity contribution < 1.29 is 0 Å². The van der Waals surface area contributed by atoms with Crippen LogP contribution >= 0.6 is 22.9 Å². The second-order valence-corrected chi connectivity index (χ2v) is 6.73. The summed E-state index contributed by atoms with van der Waals surface area (Å²) in [6.07, 6.45) is 3.29. The summed E-state index contributed by atoms with van der Waals surface area (Å²) in [6.45, 7) is 0.832. The van der Waals surface area contributed by atoms with E-state index in [1.54, 1.807) is 11.3 Å². The first kappa shape index (κ1) is 13.9. The molecule has 0 aliphatic heterocycles. The zero-order valence-corrected chi connectivity index (χ0v) is 13.0. The van der Waals surface area contributed by atoms with Crippen LogP contribution < -0.4 is 10.6 Å². The van der Waals surface area contributed by atoms with Crippen LogP contribution in [0.1, 0.15) is 35.0 Å². The molecule has 1 aromatic carbocycles. The van der Waals surface area contributed by atoms with Gasteiger partial charge in [0.15, 0.2) is 5.13 Å². The van der Waals surface area contributed by atoms with Gasteiger partial charge in [-0.1, -0.05) is 35.1 Å². The second-order valence-electron chi connectivity index (χ2n) is 5.29. The molecular formula is C15H18ClN3S. The number of thiazole rings is 1. The number of anilines is 1. The van der Waals surface area contributed by atoms with Crippen LogP contribution in [-0.2, 0) is 13.0 Å². The molecule has 1 aliphatic carbocycles. The lowest BCUT2D eigenvalue weighted by Gasteiger charge is -2.16. The van der Waals surface area contributed by atoms with Crippen LogP contribution in [0.3, 0.4) is 0 Å². The van der Waals surface area contributed by atoms with E-state index < -0.39 is 0 Å². The molecule has 106 valence electrons. The number of benzene rings is 1. The Morgan fingerprint density at radius 1 is 1.40 bits per heavy atom. The third kappa shape index (κ3) is 2.82. The molecule has 3 nitrogen and oxygen atoms in total. The minimum Gasteiger partial charge on any atom is -0.347 e. The van der Waals surface area contributed by atoms with Gasteiger partial charge in [0, 0.05) is 29.5 Å². The maximum Gasteiger partial charge on any atom is 0.185 e. The fraction of sp³-hybridized carbons (Fsp3) is 0.400. The Balaban J connectivity index is 1.77. The van der Waals surface area contributed by atoms with Gasteiger partial charge in [0.25, 0.3) is 0 Å². The van der Waals surface area contributed by atoms with E-state index in [-0.39, 0.29) is 6.04 Å². The van der Waals surface area contributed by atoms with E-state index in [0.29, 0.717) is 0 Å². The zero-order valence-electron chi connectivity index (χ0n) is 11.5. The lowest BCUT2D eigenvalue weighted by molar-refractivity contribution is 0.573. The number of nitrogens with zero attached hydrogens (tertiary/aromatic N) is 2. The highest BCUT2D eigenvalue weighted by atomic mass is 35.5. The maximum absolute atomic E-state index is 6.17. The summed E-state index contributed by atoms with van der Waals surface area (Å²) in [5.41, 5.74) is 8.60. The van der Waals surface area contributed by atoms with Crippen molar-refractivity contribution in [2.45, 2.75) is 31.8 Å². The fourth-order valence-corrected chi connectivity index (χ4v) is 3.77. The van der Waals surface area contributed by atoms with Crippen molar-refractivity contribution in [3.05, 3.63) is 45.4 Å². The fourth-order valence-electron chi connectivity index (χ4n) is 2.53. The predicted octanol–water partition coefficient (Wildman–Crippen LogP) is 3.77. The molecule has 0 amide bonds. The third-order valence-corrected chi connectivity index (χ3v) is 5.24. The quantitative estimate of drug-likeness (QED) is 0.938. The van der Waals surface area contributed by atoms with Crippen LogP contribution in [0.15, 0.2) is 24.3 Å². The molecule has 1 heterocycles. The van der Waals surface area contributed by atoms with E-state index in [4.69, 9.17) is 22.3 Å². The van der Waals surface area contributed by atoms with E-state index in [2.05, 4.69) is 24.1 Å². The smallest absolute Gasteiger partial charge is 0.185 e. The Kier molecular flexibility index (Phi) is 3.96. The van der Waals surface area contributed by atoms with Gasteiger partial charge in [-0.2, -0.15) is 0 Å². The first-order valence-corrected chi connectivity index (χ1v) is 8.03. The Hall–Kier alpha value is -1.10. The molecule has 1 aromatic heterocycles. The molecule has 0 bridgehead atoms. The number of rotatable bonds is 3. The maximum atomic E-state index is 6.17. The molecule has 2 aromatic rings. The van der Waals surface area contributed by atoms with E-state index in [1.807, 2.05) is 12.1 Å².